The molecule has 1 heterocycles. The van der Waals surface area contributed by atoms with E-state index in [1.807, 2.05) is 26.1 Å². The number of benzene rings is 1. The van der Waals surface area contributed by atoms with E-state index in [4.69, 9.17) is 14.2 Å². The van der Waals surface area contributed by atoms with Gasteiger partial charge in [0.15, 0.2) is 6.29 Å². The Bertz CT molecular complexity index is 364. The van der Waals surface area contributed by atoms with Gasteiger partial charge in [-0.05, 0) is 31.7 Å². The fraction of sp³-hybridized carbons (Fsp3) is 0.571. The molecule has 18 heavy (non-hydrogen) atoms. The number of hydrogen-bond acceptors (Lipinski definition) is 4. The van der Waals surface area contributed by atoms with E-state index in [0.29, 0.717) is 19.8 Å². The van der Waals surface area contributed by atoms with E-state index in [1.165, 1.54) is 5.56 Å². The summed E-state index contributed by atoms with van der Waals surface area (Å²) >= 11 is 0. The Morgan fingerprint density at radius 1 is 1.39 bits per heavy atom. The molecule has 0 amide bonds. The highest BCUT2D eigenvalue weighted by Crippen LogP contribution is 2.25. The van der Waals surface area contributed by atoms with Gasteiger partial charge in [0.1, 0.15) is 5.75 Å². The van der Waals surface area contributed by atoms with Crippen LogP contribution in [0.15, 0.2) is 24.3 Å². The van der Waals surface area contributed by atoms with Crippen molar-refractivity contribution in [3.63, 3.8) is 0 Å². The van der Waals surface area contributed by atoms with Gasteiger partial charge in [-0.3, -0.25) is 0 Å². The second kappa shape index (κ2) is 6.73. The highest BCUT2D eigenvalue weighted by molar-refractivity contribution is 5.30. The van der Waals surface area contributed by atoms with Gasteiger partial charge in [-0.25, -0.2) is 0 Å². The topological polar surface area (TPSA) is 39.7 Å². The summed E-state index contributed by atoms with van der Waals surface area (Å²) in [6.45, 7) is 4.06. The van der Waals surface area contributed by atoms with Crippen LogP contribution in [0.4, 0.5) is 0 Å². The van der Waals surface area contributed by atoms with Crippen LogP contribution in [-0.4, -0.2) is 33.2 Å². The average Bonchev–Trinajstić information content (AvgIpc) is 2.89. The summed E-state index contributed by atoms with van der Waals surface area (Å²) in [6, 6.07) is 8.37. The fourth-order valence-electron chi connectivity index (χ4n) is 2.14. The van der Waals surface area contributed by atoms with Crippen molar-refractivity contribution < 1.29 is 14.2 Å². The smallest absolute Gasteiger partial charge is 0.159 e. The first-order valence-electron chi connectivity index (χ1n) is 6.46. The van der Waals surface area contributed by atoms with Crippen molar-refractivity contribution in [2.45, 2.75) is 25.7 Å². The summed E-state index contributed by atoms with van der Waals surface area (Å²) in [6.07, 6.45) is 0.713. The molecule has 0 aliphatic carbocycles. The molecule has 0 radical (unpaired) electrons. The summed E-state index contributed by atoms with van der Waals surface area (Å²) in [5.74, 6) is 0.906. The highest BCUT2D eigenvalue weighted by atomic mass is 16.7. The van der Waals surface area contributed by atoms with Gasteiger partial charge >= 0.3 is 0 Å². The SMILES string of the molecule is CCOc1cccc(C(CC2OCCO2)NC)c1. The fourth-order valence-corrected chi connectivity index (χ4v) is 2.14. The van der Waals surface area contributed by atoms with Gasteiger partial charge in [-0.15, -0.1) is 0 Å². The largest absolute Gasteiger partial charge is 0.494 e. The Morgan fingerprint density at radius 2 is 2.17 bits per heavy atom. The van der Waals surface area contributed by atoms with Crippen molar-refractivity contribution in [2.24, 2.45) is 0 Å². The van der Waals surface area contributed by atoms with E-state index in [9.17, 15) is 0 Å². The van der Waals surface area contributed by atoms with E-state index in [-0.39, 0.29) is 12.3 Å². The van der Waals surface area contributed by atoms with Gasteiger partial charge in [0.2, 0.25) is 0 Å². The van der Waals surface area contributed by atoms with Gasteiger partial charge in [0.25, 0.3) is 0 Å². The van der Waals surface area contributed by atoms with Crippen molar-refractivity contribution in [3.05, 3.63) is 29.8 Å². The van der Waals surface area contributed by atoms with Crippen LogP contribution in [0.1, 0.15) is 24.9 Å². The molecule has 0 bridgehead atoms. The van der Waals surface area contributed by atoms with Crippen molar-refractivity contribution in [1.29, 1.82) is 0 Å². The van der Waals surface area contributed by atoms with E-state index in [0.717, 1.165) is 12.2 Å². The van der Waals surface area contributed by atoms with Gasteiger partial charge in [0, 0.05) is 12.5 Å². The highest BCUT2D eigenvalue weighted by Gasteiger charge is 2.21. The van der Waals surface area contributed by atoms with Crippen molar-refractivity contribution in [1.82, 2.24) is 5.32 Å². The number of rotatable bonds is 6. The van der Waals surface area contributed by atoms with E-state index < -0.39 is 0 Å². The number of nitrogens with one attached hydrogen (secondary N) is 1. The Hall–Kier alpha value is -1.10. The molecular weight excluding hydrogens is 230 g/mol. The minimum atomic E-state index is -0.0989. The minimum Gasteiger partial charge on any atom is -0.494 e. The lowest BCUT2D eigenvalue weighted by molar-refractivity contribution is -0.0526. The quantitative estimate of drug-likeness (QED) is 0.840. The molecule has 1 N–H and O–H groups in total. The van der Waals surface area contributed by atoms with Crippen LogP contribution in [0.3, 0.4) is 0 Å². The van der Waals surface area contributed by atoms with Crippen LogP contribution in [0.25, 0.3) is 0 Å². The lowest BCUT2D eigenvalue weighted by Gasteiger charge is -2.20. The van der Waals surface area contributed by atoms with Crippen LogP contribution >= 0.6 is 0 Å². The lowest BCUT2D eigenvalue weighted by Crippen LogP contribution is -2.23. The molecule has 1 aliphatic heterocycles. The summed E-state index contributed by atoms with van der Waals surface area (Å²) in [7, 11) is 1.95. The van der Waals surface area contributed by atoms with Crippen LogP contribution in [0, 0.1) is 0 Å². The van der Waals surface area contributed by atoms with Crippen molar-refractivity contribution >= 4 is 0 Å². The molecule has 1 saturated heterocycles. The molecule has 1 aromatic rings. The molecule has 0 saturated carbocycles. The molecule has 0 spiro atoms. The first kappa shape index (κ1) is 13.3. The van der Waals surface area contributed by atoms with Gasteiger partial charge in [0.05, 0.1) is 19.8 Å². The maximum atomic E-state index is 5.52. The third-order valence-electron chi connectivity index (χ3n) is 3.04. The predicted molar refractivity (Wildman–Crippen MR) is 69.7 cm³/mol. The van der Waals surface area contributed by atoms with Gasteiger partial charge in [-0.2, -0.15) is 0 Å². The predicted octanol–water partition coefficient (Wildman–Crippen LogP) is 2.11. The van der Waals surface area contributed by atoms with E-state index in [1.54, 1.807) is 0 Å². The molecule has 4 nitrogen and oxygen atoms in total. The first-order chi connectivity index (χ1) is 8.83. The second-order valence-corrected chi connectivity index (χ2v) is 4.25. The molecule has 1 aromatic carbocycles. The van der Waals surface area contributed by atoms with Crippen LogP contribution in [0.2, 0.25) is 0 Å². The molecule has 2 rings (SSSR count). The van der Waals surface area contributed by atoms with Crippen molar-refractivity contribution in [2.75, 3.05) is 26.9 Å². The lowest BCUT2D eigenvalue weighted by atomic mass is 10.0. The van der Waals surface area contributed by atoms with E-state index >= 15 is 0 Å². The zero-order chi connectivity index (χ0) is 12.8. The van der Waals surface area contributed by atoms with Crippen LogP contribution in [0.5, 0.6) is 5.75 Å². The normalized spacial score (nSPS) is 17.9. The number of ether oxygens (including phenoxy) is 3. The minimum absolute atomic E-state index is 0.0989. The maximum Gasteiger partial charge on any atom is 0.159 e. The molecular formula is C14H21NO3. The van der Waals surface area contributed by atoms with Crippen LogP contribution < -0.4 is 10.1 Å². The molecule has 100 valence electrons. The van der Waals surface area contributed by atoms with Crippen molar-refractivity contribution in [3.8, 4) is 5.75 Å². The maximum absolute atomic E-state index is 5.52. The summed E-state index contributed by atoms with van der Waals surface area (Å²) in [5.41, 5.74) is 1.20. The first-order valence-corrected chi connectivity index (χ1v) is 6.46. The zero-order valence-electron chi connectivity index (χ0n) is 11.0. The number of hydrogen-bond donors (Lipinski definition) is 1. The summed E-state index contributed by atoms with van der Waals surface area (Å²) in [4.78, 5) is 0. The third-order valence-corrected chi connectivity index (χ3v) is 3.04. The Kier molecular flexibility index (Phi) is 4.99. The Labute approximate surface area is 108 Å². The van der Waals surface area contributed by atoms with Gasteiger partial charge in [-0.1, -0.05) is 12.1 Å². The van der Waals surface area contributed by atoms with Crippen LogP contribution in [-0.2, 0) is 9.47 Å². The van der Waals surface area contributed by atoms with E-state index in [2.05, 4.69) is 17.4 Å². The van der Waals surface area contributed by atoms with Gasteiger partial charge < -0.3 is 19.5 Å². The molecule has 4 heteroatoms. The average molecular weight is 251 g/mol. The molecule has 1 fully saturated rings. The Morgan fingerprint density at radius 3 is 2.83 bits per heavy atom. The zero-order valence-corrected chi connectivity index (χ0v) is 11.0. The molecule has 1 atom stereocenters. The monoisotopic (exact) mass is 251 g/mol. The molecule has 1 unspecified atom stereocenters. The Balaban J connectivity index is 2.03. The molecule has 1 aliphatic rings. The summed E-state index contributed by atoms with van der Waals surface area (Å²) < 4.78 is 16.5. The summed E-state index contributed by atoms with van der Waals surface area (Å²) in [5, 5.41) is 3.30. The molecule has 0 aromatic heterocycles. The third kappa shape index (κ3) is 3.45. The second-order valence-electron chi connectivity index (χ2n) is 4.25. The standard InChI is InChI=1S/C14H21NO3/c1-3-16-12-6-4-5-11(9-12)13(15-2)10-14-17-7-8-18-14/h4-6,9,13-15H,3,7-8,10H2,1-2H3.